The molecule has 11 heteroatoms. The minimum absolute atomic E-state index is 0.0188. The Morgan fingerprint density at radius 3 is 2.59 bits per heavy atom. The smallest absolute Gasteiger partial charge is 0.379 e. The molecule has 8 nitrogen and oxygen atoms in total. The number of fused-ring (bicyclic) bond motifs is 1. The summed E-state index contributed by atoms with van der Waals surface area (Å²) in [5.74, 6) is -1.59. The quantitative estimate of drug-likeness (QED) is 0.817. The Labute approximate surface area is 153 Å². The molecular formula is C16H21F3N6O2. The lowest BCUT2D eigenvalue weighted by Gasteiger charge is -2.26. The van der Waals surface area contributed by atoms with Crippen LogP contribution < -0.4 is 5.32 Å². The van der Waals surface area contributed by atoms with Crippen LogP contribution in [0.1, 0.15) is 22.8 Å². The molecule has 2 aromatic rings. The van der Waals surface area contributed by atoms with E-state index in [4.69, 9.17) is 4.74 Å². The number of carbonyl (C=O) groups excluding carboxylic acids is 1. The van der Waals surface area contributed by atoms with Crippen LogP contribution in [0.15, 0.2) is 0 Å². The van der Waals surface area contributed by atoms with Crippen LogP contribution in [0.5, 0.6) is 0 Å². The first-order chi connectivity index (χ1) is 12.8. The van der Waals surface area contributed by atoms with E-state index in [9.17, 15) is 18.0 Å². The molecule has 148 valence electrons. The summed E-state index contributed by atoms with van der Waals surface area (Å²) in [5.41, 5.74) is 1.43. The number of hydrogen-bond acceptors (Lipinski definition) is 6. The first-order valence-electron chi connectivity index (χ1n) is 8.62. The molecule has 1 saturated heterocycles. The van der Waals surface area contributed by atoms with Crippen molar-refractivity contribution in [2.24, 2.45) is 0 Å². The molecule has 2 aromatic heterocycles. The molecule has 3 rings (SSSR count). The molecule has 0 saturated carbocycles. The number of rotatable bonds is 5. The number of hydrogen-bond donors (Lipinski definition) is 1. The van der Waals surface area contributed by atoms with Gasteiger partial charge in [-0.1, -0.05) is 0 Å². The zero-order valence-corrected chi connectivity index (χ0v) is 15.1. The topological polar surface area (TPSA) is 84.6 Å². The third-order valence-corrected chi connectivity index (χ3v) is 4.49. The van der Waals surface area contributed by atoms with Crippen molar-refractivity contribution in [1.29, 1.82) is 0 Å². The largest absolute Gasteiger partial charge is 0.453 e. The molecule has 0 unspecified atom stereocenters. The van der Waals surface area contributed by atoms with Gasteiger partial charge < -0.3 is 10.1 Å². The number of nitrogens with zero attached hydrogens (tertiary/aromatic N) is 5. The van der Waals surface area contributed by atoms with E-state index >= 15 is 0 Å². The Bertz CT molecular complexity index is 830. The molecule has 27 heavy (non-hydrogen) atoms. The predicted octanol–water partition coefficient (Wildman–Crippen LogP) is 0.751. The van der Waals surface area contributed by atoms with E-state index in [1.54, 1.807) is 13.8 Å². The SMILES string of the molecule is Cc1nc2nc(C(F)(F)F)nn2c(C)c1CC(=O)NCCN1CCOCC1. The van der Waals surface area contributed by atoms with Crippen LogP contribution in [-0.2, 0) is 22.1 Å². The fraction of sp³-hybridized carbons (Fsp3) is 0.625. The number of amides is 1. The van der Waals surface area contributed by atoms with Gasteiger partial charge in [0.2, 0.25) is 5.91 Å². The van der Waals surface area contributed by atoms with E-state index in [-0.39, 0.29) is 18.1 Å². The van der Waals surface area contributed by atoms with E-state index in [1.807, 2.05) is 0 Å². The van der Waals surface area contributed by atoms with Crippen molar-refractivity contribution in [2.45, 2.75) is 26.4 Å². The first-order valence-corrected chi connectivity index (χ1v) is 8.62. The van der Waals surface area contributed by atoms with Gasteiger partial charge in [0.15, 0.2) is 0 Å². The highest BCUT2D eigenvalue weighted by Crippen LogP contribution is 2.27. The highest BCUT2D eigenvalue weighted by molar-refractivity contribution is 5.79. The number of morpholine rings is 1. The number of aromatic nitrogens is 4. The lowest BCUT2D eigenvalue weighted by molar-refractivity contribution is -0.144. The van der Waals surface area contributed by atoms with Crippen molar-refractivity contribution in [3.05, 3.63) is 22.8 Å². The monoisotopic (exact) mass is 386 g/mol. The molecule has 1 aliphatic rings. The lowest BCUT2D eigenvalue weighted by Crippen LogP contribution is -2.41. The lowest BCUT2D eigenvalue weighted by atomic mass is 10.1. The number of ether oxygens (including phenoxy) is 1. The minimum atomic E-state index is -4.65. The first kappa shape index (κ1) is 19.5. The van der Waals surface area contributed by atoms with Gasteiger partial charge in [-0.3, -0.25) is 9.69 Å². The minimum Gasteiger partial charge on any atom is -0.379 e. The molecule has 0 spiro atoms. The average molecular weight is 386 g/mol. The zero-order chi connectivity index (χ0) is 19.6. The summed E-state index contributed by atoms with van der Waals surface area (Å²) < 4.78 is 44.8. The van der Waals surface area contributed by atoms with Crippen LogP contribution in [0.2, 0.25) is 0 Å². The van der Waals surface area contributed by atoms with Crippen LogP contribution in [0.3, 0.4) is 0 Å². The van der Waals surface area contributed by atoms with Gasteiger partial charge in [-0.25, -0.2) is 9.50 Å². The average Bonchev–Trinajstić information content (AvgIpc) is 3.04. The summed E-state index contributed by atoms with van der Waals surface area (Å²) >= 11 is 0. The second kappa shape index (κ2) is 7.77. The standard InChI is InChI=1S/C16H21F3N6O2/c1-10-12(9-13(26)20-3-4-24-5-7-27-8-6-24)11(2)25-15(21-10)22-14(23-25)16(17,18)19/h3-9H2,1-2H3,(H,20,26). The molecule has 0 radical (unpaired) electrons. The van der Waals surface area contributed by atoms with Gasteiger partial charge in [-0.05, 0) is 13.8 Å². The Hall–Kier alpha value is -2.27. The number of alkyl halides is 3. The van der Waals surface area contributed by atoms with Crippen molar-refractivity contribution in [2.75, 3.05) is 39.4 Å². The summed E-state index contributed by atoms with van der Waals surface area (Å²) in [7, 11) is 0. The van der Waals surface area contributed by atoms with Crippen molar-refractivity contribution in [3.8, 4) is 0 Å². The van der Waals surface area contributed by atoms with E-state index < -0.39 is 12.0 Å². The molecule has 1 N–H and O–H groups in total. The van der Waals surface area contributed by atoms with Crippen LogP contribution >= 0.6 is 0 Å². The summed E-state index contributed by atoms with van der Waals surface area (Å²) in [6.45, 7) is 7.52. The van der Waals surface area contributed by atoms with Crippen molar-refractivity contribution < 1.29 is 22.7 Å². The fourth-order valence-electron chi connectivity index (χ4n) is 2.99. The van der Waals surface area contributed by atoms with Crippen LogP contribution in [0, 0.1) is 13.8 Å². The van der Waals surface area contributed by atoms with Crippen molar-refractivity contribution in [3.63, 3.8) is 0 Å². The van der Waals surface area contributed by atoms with Crippen molar-refractivity contribution >= 4 is 11.7 Å². The summed E-state index contributed by atoms with van der Waals surface area (Å²) in [5, 5.41) is 6.32. The Balaban J connectivity index is 1.67. The molecule has 0 aliphatic carbocycles. The molecule has 1 amide bonds. The van der Waals surface area contributed by atoms with Gasteiger partial charge in [-0.2, -0.15) is 18.2 Å². The Kier molecular flexibility index (Phi) is 5.61. The normalized spacial score (nSPS) is 16.0. The second-order valence-corrected chi connectivity index (χ2v) is 6.39. The van der Waals surface area contributed by atoms with Gasteiger partial charge in [0.05, 0.1) is 19.6 Å². The third-order valence-electron chi connectivity index (χ3n) is 4.49. The number of carbonyl (C=O) groups is 1. The number of halogens is 3. The van der Waals surface area contributed by atoms with Crippen LogP contribution in [-0.4, -0.2) is 69.8 Å². The molecule has 0 bridgehead atoms. The number of nitrogens with one attached hydrogen (secondary N) is 1. The van der Waals surface area contributed by atoms with Gasteiger partial charge in [0.1, 0.15) is 0 Å². The summed E-state index contributed by atoms with van der Waals surface area (Å²) in [4.78, 5) is 21.9. The highest BCUT2D eigenvalue weighted by atomic mass is 19.4. The van der Waals surface area contributed by atoms with E-state index in [0.29, 0.717) is 36.7 Å². The summed E-state index contributed by atoms with van der Waals surface area (Å²) in [6.07, 6.45) is -4.63. The molecule has 3 heterocycles. The van der Waals surface area contributed by atoms with E-state index in [2.05, 4.69) is 25.3 Å². The predicted molar refractivity (Wildman–Crippen MR) is 89.2 cm³/mol. The summed E-state index contributed by atoms with van der Waals surface area (Å²) in [6, 6.07) is 0. The van der Waals surface area contributed by atoms with Gasteiger partial charge in [-0.15, -0.1) is 5.10 Å². The van der Waals surface area contributed by atoms with E-state index in [1.165, 1.54) is 0 Å². The third kappa shape index (κ3) is 4.53. The molecule has 0 aromatic carbocycles. The van der Waals surface area contributed by atoms with E-state index in [0.717, 1.165) is 24.1 Å². The van der Waals surface area contributed by atoms with Gasteiger partial charge >= 0.3 is 6.18 Å². The van der Waals surface area contributed by atoms with Crippen LogP contribution in [0.25, 0.3) is 5.78 Å². The highest BCUT2D eigenvalue weighted by Gasteiger charge is 2.37. The fourth-order valence-corrected chi connectivity index (χ4v) is 2.99. The van der Waals surface area contributed by atoms with Crippen molar-refractivity contribution in [1.82, 2.24) is 29.8 Å². The Morgan fingerprint density at radius 2 is 1.93 bits per heavy atom. The maximum absolute atomic E-state index is 12.8. The zero-order valence-electron chi connectivity index (χ0n) is 15.1. The maximum atomic E-state index is 12.8. The molecule has 1 fully saturated rings. The van der Waals surface area contributed by atoms with Gasteiger partial charge in [0.25, 0.3) is 11.6 Å². The molecule has 0 atom stereocenters. The van der Waals surface area contributed by atoms with Crippen LogP contribution in [0.4, 0.5) is 13.2 Å². The Morgan fingerprint density at radius 1 is 1.22 bits per heavy atom. The number of aryl methyl sites for hydroxylation is 2. The molecule has 1 aliphatic heterocycles. The molecular weight excluding hydrogens is 365 g/mol. The maximum Gasteiger partial charge on any atom is 0.453 e. The second-order valence-electron chi connectivity index (χ2n) is 6.39. The van der Waals surface area contributed by atoms with Gasteiger partial charge in [0, 0.05) is 43.1 Å².